The summed E-state index contributed by atoms with van der Waals surface area (Å²) in [4.78, 5) is 25.6. The molecule has 0 saturated heterocycles. The molecule has 3 aromatic rings. The summed E-state index contributed by atoms with van der Waals surface area (Å²) in [5, 5.41) is 11.0. The molecule has 126 valence electrons. The molecule has 0 spiro atoms. The maximum atomic E-state index is 13.0. The Hall–Kier alpha value is -3.18. The van der Waals surface area contributed by atoms with Crippen molar-refractivity contribution >= 4 is 28.3 Å². The molecule has 0 fully saturated rings. The first-order valence-electron chi connectivity index (χ1n) is 7.90. The number of fused-ring (bicyclic) bond motifs is 1. The van der Waals surface area contributed by atoms with Gasteiger partial charge in [-0.15, -0.1) is 0 Å². The van der Waals surface area contributed by atoms with Gasteiger partial charge in [0.2, 0.25) is 0 Å². The number of nitrogens with two attached hydrogens (primary N) is 1. The van der Waals surface area contributed by atoms with Crippen LogP contribution in [-0.2, 0) is 11.3 Å². The molecule has 5 nitrogen and oxygen atoms in total. The maximum Gasteiger partial charge on any atom is 0.323 e. The zero-order chi connectivity index (χ0) is 17.8. The number of rotatable bonds is 5. The van der Waals surface area contributed by atoms with Gasteiger partial charge in [0.05, 0.1) is 5.69 Å². The van der Waals surface area contributed by atoms with Crippen LogP contribution < -0.4 is 10.6 Å². The number of anilines is 1. The first-order valence-corrected chi connectivity index (χ1v) is 7.90. The second kappa shape index (κ2) is 7.15. The van der Waals surface area contributed by atoms with Crippen molar-refractivity contribution in [1.82, 2.24) is 0 Å². The molecule has 0 heterocycles. The highest BCUT2D eigenvalue weighted by Gasteiger charge is 2.22. The average molecular weight is 334 g/mol. The van der Waals surface area contributed by atoms with Gasteiger partial charge in [0.25, 0.3) is 5.91 Å². The molecule has 25 heavy (non-hydrogen) atoms. The average Bonchev–Trinajstić information content (AvgIpc) is 2.65. The minimum Gasteiger partial charge on any atom is -0.480 e. The fourth-order valence-corrected chi connectivity index (χ4v) is 2.83. The molecule has 3 aromatic carbocycles. The Morgan fingerprint density at radius 2 is 1.64 bits per heavy atom. The zero-order valence-electron chi connectivity index (χ0n) is 13.6. The van der Waals surface area contributed by atoms with Gasteiger partial charge in [-0.3, -0.25) is 14.5 Å². The first-order chi connectivity index (χ1) is 12.1. The summed E-state index contributed by atoms with van der Waals surface area (Å²) in [5.41, 5.74) is 7.60. The van der Waals surface area contributed by atoms with Crippen LogP contribution in [0.2, 0.25) is 0 Å². The Bertz CT molecular complexity index is 923. The van der Waals surface area contributed by atoms with Crippen LogP contribution in [0.3, 0.4) is 0 Å². The lowest BCUT2D eigenvalue weighted by Gasteiger charge is -2.23. The van der Waals surface area contributed by atoms with E-state index in [-0.39, 0.29) is 5.91 Å². The van der Waals surface area contributed by atoms with Gasteiger partial charge >= 0.3 is 5.97 Å². The molecule has 0 aliphatic rings. The molecule has 0 atom stereocenters. The lowest BCUT2D eigenvalue weighted by molar-refractivity contribution is -0.135. The third-order valence-corrected chi connectivity index (χ3v) is 3.99. The van der Waals surface area contributed by atoms with Gasteiger partial charge in [0.1, 0.15) is 6.54 Å². The van der Waals surface area contributed by atoms with Gasteiger partial charge < -0.3 is 10.8 Å². The van der Waals surface area contributed by atoms with Gasteiger partial charge in [0.15, 0.2) is 0 Å². The Morgan fingerprint density at radius 1 is 0.960 bits per heavy atom. The van der Waals surface area contributed by atoms with Crippen LogP contribution in [0.5, 0.6) is 0 Å². The van der Waals surface area contributed by atoms with Crippen LogP contribution in [0.25, 0.3) is 10.8 Å². The van der Waals surface area contributed by atoms with E-state index in [1.165, 1.54) is 4.90 Å². The van der Waals surface area contributed by atoms with E-state index >= 15 is 0 Å². The number of hydrogen-bond acceptors (Lipinski definition) is 3. The topological polar surface area (TPSA) is 83.6 Å². The van der Waals surface area contributed by atoms with E-state index in [2.05, 4.69) is 0 Å². The van der Waals surface area contributed by atoms with E-state index in [1.54, 1.807) is 30.3 Å². The van der Waals surface area contributed by atoms with Crippen molar-refractivity contribution in [2.75, 3.05) is 11.4 Å². The highest BCUT2D eigenvalue weighted by molar-refractivity contribution is 6.12. The van der Waals surface area contributed by atoms with Gasteiger partial charge in [-0.05, 0) is 35.2 Å². The molecule has 0 saturated carbocycles. The molecule has 3 N–H and O–H groups in total. The summed E-state index contributed by atoms with van der Waals surface area (Å²) in [7, 11) is 0. The maximum absolute atomic E-state index is 13.0. The van der Waals surface area contributed by atoms with E-state index < -0.39 is 12.5 Å². The number of amides is 1. The fourth-order valence-electron chi connectivity index (χ4n) is 2.83. The van der Waals surface area contributed by atoms with Crippen molar-refractivity contribution in [2.24, 2.45) is 5.73 Å². The second-order valence-electron chi connectivity index (χ2n) is 5.69. The van der Waals surface area contributed by atoms with E-state index in [4.69, 9.17) is 5.73 Å². The number of nitrogens with zero attached hydrogens (tertiary/aromatic N) is 1. The lowest BCUT2D eigenvalue weighted by atomic mass is 10.0. The third-order valence-electron chi connectivity index (χ3n) is 3.99. The zero-order valence-corrected chi connectivity index (χ0v) is 13.6. The van der Waals surface area contributed by atoms with Gasteiger partial charge in [-0.2, -0.15) is 0 Å². The normalized spacial score (nSPS) is 10.6. The van der Waals surface area contributed by atoms with Gasteiger partial charge in [-0.25, -0.2) is 0 Å². The fraction of sp³-hybridized carbons (Fsp3) is 0.100. The quantitative estimate of drug-likeness (QED) is 0.751. The minimum atomic E-state index is -1.08. The molecule has 0 radical (unpaired) electrons. The van der Waals surface area contributed by atoms with Crippen molar-refractivity contribution in [3.05, 3.63) is 77.9 Å². The Kier molecular flexibility index (Phi) is 4.77. The summed E-state index contributed by atoms with van der Waals surface area (Å²) >= 11 is 0. The molecule has 5 heteroatoms. The van der Waals surface area contributed by atoms with E-state index in [0.29, 0.717) is 17.8 Å². The standard InChI is InChI=1S/C20H18N2O3/c21-12-14-10-16-8-4-5-9-17(16)18(11-14)22(13-19(23)24)20(25)15-6-2-1-3-7-15/h1-11H,12-13,21H2,(H,23,24). The molecule has 1 amide bonds. The van der Waals surface area contributed by atoms with Crippen LogP contribution in [0.15, 0.2) is 66.7 Å². The summed E-state index contributed by atoms with van der Waals surface area (Å²) < 4.78 is 0. The lowest BCUT2D eigenvalue weighted by Crippen LogP contribution is -2.36. The Labute approximate surface area is 145 Å². The SMILES string of the molecule is NCc1cc(N(CC(=O)O)C(=O)c2ccccc2)c2ccccc2c1. The highest BCUT2D eigenvalue weighted by Crippen LogP contribution is 2.30. The van der Waals surface area contributed by atoms with Crippen LogP contribution in [0, 0.1) is 0 Å². The summed E-state index contributed by atoms with van der Waals surface area (Å²) in [6.45, 7) is -0.121. The molecule has 0 unspecified atom stereocenters. The number of hydrogen-bond donors (Lipinski definition) is 2. The van der Waals surface area contributed by atoms with Crippen molar-refractivity contribution < 1.29 is 14.7 Å². The number of carboxylic acids is 1. The van der Waals surface area contributed by atoms with Crippen LogP contribution in [0.1, 0.15) is 15.9 Å². The summed E-state index contributed by atoms with van der Waals surface area (Å²) in [5.74, 6) is -1.44. The molecule has 0 aliphatic carbocycles. The summed E-state index contributed by atoms with van der Waals surface area (Å²) in [6, 6.07) is 19.9. The number of carbonyl (C=O) groups excluding carboxylic acids is 1. The van der Waals surface area contributed by atoms with Crippen molar-refractivity contribution in [3.63, 3.8) is 0 Å². The monoisotopic (exact) mass is 334 g/mol. The minimum absolute atomic E-state index is 0.304. The van der Waals surface area contributed by atoms with Crippen molar-refractivity contribution in [2.45, 2.75) is 6.54 Å². The largest absolute Gasteiger partial charge is 0.480 e. The van der Waals surface area contributed by atoms with Crippen LogP contribution in [-0.4, -0.2) is 23.5 Å². The number of benzene rings is 3. The smallest absolute Gasteiger partial charge is 0.323 e. The molecule has 0 aliphatic heterocycles. The van der Waals surface area contributed by atoms with E-state index in [9.17, 15) is 14.7 Å². The van der Waals surface area contributed by atoms with E-state index in [1.807, 2.05) is 36.4 Å². The molecular formula is C20H18N2O3. The van der Waals surface area contributed by atoms with Gasteiger partial charge in [-0.1, -0.05) is 42.5 Å². The molecule has 3 rings (SSSR count). The highest BCUT2D eigenvalue weighted by atomic mass is 16.4. The van der Waals surface area contributed by atoms with Crippen LogP contribution in [0.4, 0.5) is 5.69 Å². The Morgan fingerprint density at radius 3 is 2.32 bits per heavy atom. The molecule has 0 bridgehead atoms. The van der Waals surface area contributed by atoms with E-state index in [0.717, 1.165) is 16.3 Å². The molecule has 0 aromatic heterocycles. The summed E-state index contributed by atoms with van der Waals surface area (Å²) in [6.07, 6.45) is 0. The first kappa shape index (κ1) is 16.7. The van der Waals surface area contributed by atoms with Crippen molar-refractivity contribution in [1.29, 1.82) is 0 Å². The second-order valence-corrected chi connectivity index (χ2v) is 5.69. The predicted octanol–water partition coefficient (Wildman–Crippen LogP) is 3.03. The molecular weight excluding hydrogens is 316 g/mol. The number of carboxylic acid groups (broad SMARTS) is 1. The van der Waals surface area contributed by atoms with Gasteiger partial charge in [0, 0.05) is 17.5 Å². The number of aliphatic carboxylic acids is 1. The van der Waals surface area contributed by atoms with Crippen molar-refractivity contribution in [3.8, 4) is 0 Å². The van der Waals surface area contributed by atoms with Crippen LogP contribution >= 0.6 is 0 Å². The Balaban J connectivity index is 2.18. The third kappa shape index (κ3) is 3.51. The number of carbonyl (C=O) groups is 2. The predicted molar refractivity (Wildman–Crippen MR) is 97.6 cm³/mol.